The Morgan fingerprint density at radius 1 is 0.867 bits per heavy atom. The van der Waals surface area contributed by atoms with E-state index in [1.165, 1.54) is 12.8 Å². The molecule has 1 aliphatic carbocycles. The van der Waals surface area contributed by atoms with Crippen LogP contribution in [-0.2, 0) is 25.6 Å². The lowest BCUT2D eigenvalue weighted by Crippen LogP contribution is -2.51. The van der Waals surface area contributed by atoms with Gasteiger partial charge in [0.15, 0.2) is 0 Å². The molecule has 4 saturated heterocycles. The Bertz CT molecular complexity index is 1280. The third-order valence-corrected chi connectivity index (χ3v) is 12.9. The summed E-state index contributed by atoms with van der Waals surface area (Å²) in [4.78, 5) is 69.2. The van der Waals surface area contributed by atoms with Crippen molar-refractivity contribution < 1.29 is 19.2 Å². The number of nitrogens with one attached hydrogen (secondary N) is 1. The normalized spacial score (nSPS) is 31.7. The maximum atomic E-state index is 14.3. The van der Waals surface area contributed by atoms with Crippen LogP contribution in [-0.4, -0.2) is 112 Å². The Labute approximate surface area is 271 Å². The Morgan fingerprint density at radius 3 is 2.36 bits per heavy atom. The van der Waals surface area contributed by atoms with E-state index in [1.807, 2.05) is 19.6 Å². The zero-order valence-corrected chi connectivity index (χ0v) is 27.7. The number of nitrogens with zero attached hydrogens (tertiary/aromatic N) is 5. The van der Waals surface area contributed by atoms with Gasteiger partial charge in [0.25, 0.3) is 0 Å². The van der Waals surface area contributed by atoms with Gasteiger partial charge in [0.05, 0.1) is 17.1 Å². The number of aryl methyl sites for hydroxylation is 1. The lowest BCUT2D eigenvalue weighted by molar-refractivity contribution is -0.146. The topological polar surface area (TPSA) is 106 Å². The van der Waals surface area contributed by atoms with Gasteiger partial charge in [0.1, 0.15) is 6.04 Å². The molecule has 8 rings (SSSR count). The van der Waals surface area contributed by atoms with Gasteiger partial charge in [-0.1, -0.05) is 12.8 Å². The highest BCUT2D eigenvalue weighted by Gasteiger charge is 2.44. The summed E-state index contributed by atoms with van der Waals surface area (Å²) in [5.41, 5.74) is 0.864. The highest BCUT2D eigenvalue weighted by molar-refractivity contribution is 7.11. The molecule has 6 aliphatic heterocycles. The number of fused-ring (bicyclic) bond motifs is 4. The predicted octanol–water partition coefficient (Wildman–Crippen LogP) is 3.08. The number of piperidine rings is 2. The summed E-state index contributed by atoms with van der Waals surface area (Å²) in [6, 6.07) is 0.124. The van der Waals surface area contributed by atoms with E-state index in [9.17, 15) is 19.2 Å². The Morgan fingerprint density at radius 2 is 1.60 bits per heavy atom. The molecule has 45 heavy (non-hydrogen) atoms. The Kier molecular flexibility index (Phi) is 9.19. The summed E-state index contributed by atoms with van der Waals surface area (Å²) in [7, 11) is 0. The summed E-state index contributed by atoms with van der Waals surface area (Å²) in [6.45, 7) is 6.67. The fourth-order valence-corrected chi connectivity index (χ4v) is 10.1. The highest BCUT2D eigenvalue weighted by atomic mass is 32.1. The minimum absolute atomic E-state index is 0.000704. The second-order valence-electron chi connectivity index (χ2n) is 14.6. The van der Waals surface area contributed by atoms with Crippen LogP contribution in [0.2, 0.25) is 0 Å². The predicted molar refractivity (Wildman–Crippen MR) is 172 cm³/mol. The van der Waals surface area contributed by atoms with Gasteiger partial charge >= 0.3 is 0 Å². The molecule has 0 unspecified atom stereocenters. The van der Waals surface area contributed by atoms with Gasteiger partial charge in [-0.05, 0) is 70.1 Å². The average molecular weight is 639 g/mol. The second kappa shape index (κ2) is 13.3. The maximum Gasteiger partial charge on any atom is 0.245 e. The lowest BCUT2D eigenvalue weighted by Gasteiger charge is -2.40. The van der Waals surface area contributed by atoms with Crippen molar-refractivity contribution in [3.63, 3.8) is 0 Å². The van der Waals surface area contributed by atoms with Crippen molar-refractivity contribution in [3.05, 3.63) is 15.6 Å². The third-order valence-electron chi connectivity index (χ3n) is 11.7. The molecular weight excluding hydrogens is 588 g/mol. The van der Waals surface area contributed by atoms with Crippen LogP contribution in [0.5, 0.6) is 0 Å². The third kappa shape index (κ3) is 6.66. The van der Waals surface area contributed by atoms with Crippen molar-refractivity contribution >= 4 is 35.0 Å². The van der Waals surface area contributed by atoms with E-state index in [1.54, 1.807) is 11.3 Å². The molecular formula is C34H50N6O4S. The fourth-order valence-electron chi connectivity index (χ4n) is 8.96. The molecule has 4 atom stereocenters. The minimum atomic E-state index is -0.455. The number of thiazole rings is 1. The number of aromatic nitrogens is 1. The van der Waals surface area contributed by atoms with Gasteiger partial charge < -0.3 is 24.9 Å². The zero-order chi connectivity index (χ0) is 31.1. The van der Waals surface area contributed by atoms with Crippen LogP contribution >= 0.6 is 11.3 Å². The first-order valence-electron chi connectivity index (χ1n) is 17.7. The Hall–Kier alpha value is -2.53. The van der Waals surface area contributed by atoms with Crippen LogP contribution in [0.25, 0.3) is 0 Å². The molecule has 0 aromatic carbocycles. The number of carbonyl (C=O) groups excluding carboxylic acids is 4. The molecule has 6 bridgehead atoms. The molecule has 11 heteroatoms. The molecule has 246 valence electrons. The van der Waals surface area contributed by atoms with Gasteiger partial charge in [-0.2, -0.15) is 0 Å². The van der Waals surface area contributed by atoms with E-state index in [0.29, 0.717) is 63.9 Å². The summed E-state index contributed by atoms with van der Waals surface area (Å²) >= 11 is 1.70. The fraction of sp³-hybridized carbons (Fsp3) is 0.794. The van der Waals surface area contributed by atoms with Gasteiger partial charge in [-0.25, -0.2) is 4.98 Å². The van der Waals surface area contributed by atoms with Gasteiger partial charge in [-0.15, -0.1) is 11.3 Å². The molecule has 1 aromatic rings. The number of hydrogen-bond donors (Lipinski definition) is 1. The lowest BCUT2D eigenvalue weighted by atomic mass is 9.80. The quantitative estimate of drug-likeness (QED) is 0.544. The van der Waals surface area contributed by atoms with Gasteiger partial charge in [-0.3, -0.25) is 19.2 Å². The van der Waals surface area contributed by atoms with Crippen LogP contribution in [0.1, 0.15) is 98.5 Å². The van der Waals surface area contributed by atoms with E-state index in [0.717, 1.165) is 67.2 Å². The van der Waals surface area contributed by atoms with E-state index >= 15 is 0 Å². The summed E-state index contributed by atoms with van der Waals surface area (Å²) in [6.07, 6.45) is 11.0. The van der Waals surface area contributed by atoms with E-state index < -0.39 is 6.04 Å². The molecule has 0 radical (unpaired) electrons. The first-order chi connectivity index (χ1) is 21.8. The number of likely N-dealkylation sites (tertiary alicyclic amines) is 1. The molecule has 7 heterocycles. The highest BCUT2D eigenvalue weighted by Crippen LogP contribution is 2.36. The number of rotatable bonds is 4. The molecule has 1 N–H and O–H groups in total. The van der Waals surface area contributed by atoms with Gasteiger partial charge in [0, 0.05) is 81.5 Å². The SMILES string of the molecule is Cc1sc2nc1CC(=O)N1CC[C@@H](CC(=O)N3CCCC3)[C@@H](CC(=O)N3C[C@@H](NC4CCCC4)C[C@H]3C(=O)N3CCC2CC3)C1. The van der Waals surface area contributed by atoms with Crippen molar-refractivity contribution in [1.82, 2.24) is 29.9 Å². The largest absolute Gasteiger partial charge is 0.343 e. The number of amides is 4. The smallest absolute Gasteiger partial charge is 0.245 e. The van der Waals surface area contributed by atoms with Crippen molar-refractivity contribution in [2.75, 3.05) is 45.8 Å². The maximum absolute atomic E-state index is 14.3. The monoisotopic (exact) mass is 638 g/mol. The van der Waals surface area contributed by atoms with Crippen LogP contribution in [0, 0.1) is 18.8 Å². The zero-order valence-electron chi connectivity index (χ0n) is 26.9. The van der Waals surface area contributed by atoms with E-state index in [-0.39, 0.29) is 54.3 Å². The molecule has 5 fully saturated rings. The summed E-state index contributed by atoms with van der Waals surface area (Å²) < 4.78 is 0. The van der Waals surface area contributed by atoms with Crippen molar-refractivity contribution in [2.24, 2.45) is 11.8 Å². The molecule has 1 saturated carbocycles. The summed E-state index contributed by atoms with van der Waals surface area (Å²) in [5, 5.41) is 4.89. The molecule has 10 nitrogen and oxygen atoms in total. The van der Waals surface area contributed by atoms with Crippen LogP contribution in [0.3, 0.4) is 0 Å². The van der Waals surface area contributed by atoms with E-state index in [2.05, 4.69) is 12.2 Å². The molecule has 4 amide bonds. The number of hydrogen-bond acceptors (Lipinski definition) is 7. The minimum Gasteiger partial charge on any atom is -0.343 e. The van der Waals surface area contributed by atoms with Crippen LogP contribution in [0.4, 0.5) is 0 Å². The van der Waals surface area contributed by atoms with Crippen LogP contribution in [0.15, 0.2) is 0 Å². The number of carbonyl (C=O) groups is 4. The van der Waals surface area contributed by atoms with Gasteiger partial charge in [0.2, 0.25) is 23.6 Å². The van der Waals surface area contributed by atoms with Crippen LogP contribution < -0.4 is 5.32 Å². The molecule has 0 spiro atoms. The Balaban J connectivity index is 1.16. The second-order valence-corrected chi connectivity index (χ2v) is 15.9. The first-order valence-corrected chi connectivity index (χ1v) is 18.5. The molecule has 1 aromatic heterocycles. The van der Waals surface area contributed by atoms with Crippen molar-refractivity contribution in [2.45, 2.75) is 114 Å². The van der Waals surface area contributed by atoms with E-state index in [4.69, 9.17) is 4.98 Å². The summed E-state index contributed by atoms with van der Waals surface area (Å²) in [5.74, 6) is 0.550. The standard InChI is InChI=1S/C34H50N6O4S/c1-22-28-19-31(42)39-15-10-24(16-30(41)37-11-4-5-12-37)25(20-39)17-32(43)40-21-27(35-26-6-2-3-7-26)18-29(40)34(44)38-13-8-23(9-14-38)33(36-28)45-22/h23-27,29,35H,2-21H2,1H3/t24-,25-,27-,29-/m0/s1. The average Bonchev–Trinajstić information content (AvgIpc) is 3.86. The first kappa shape index (κ1) is 31.1. The molecule has 7 aliphatic rings. The van der Waals surface area contributed by atoms with Crippen molar-refractivity contribution in [1.29, 1.82) is 0 Å². The van der Waals surface area contributed by atoms with Crippen molar-refractivity contribution in [3.8, 4) is 0 Å².